The van der Waals surface area contributed by atoms with Crippen LogP contribution in [0.5, 0.6) is 0 Å². The van der Waals surface area contributed by atoms with E-state index in [0.717, 1.165) is 15.7 Å². The van der Waals surface area contributed by atoms with Crippen molar-refractivity contribution in [3.8, 4) is 0 Å². The highest BCUT2D eigenvalue weighted by Crippen LogP contribution is 2.24. The average Bonchev–Trinajstić information content (AvgIpc) is 3.00. The first-order valence-electron chi connectivity index (χ1n) is 8.18. The first kappa shape index (κ1) is 17.2. The monoisotopic (exact) mass is 373 g/mol. The van der Waals surface area contributed by atoms with Crippen LogP contribution in [0.4, 0.5) is 19.1 Å². The molecule has 0 saturated carbocycles. The standard InChI is InChI=1S/C18H14F3N5O/c19-18(20,21)10-26(17-24-8-13-7-23-16(27)15(13)25-17)9-14-5-11-3-1-2-4-12(11)6-22-14/h1-6,8H,7,9-10H2,(H,23,27). The molecule has 1 aliphatic heterocycles. The molecule has 0 atom stereocenters. The zero-order chi connectivity index (χ0) is 19.0. The summed E-state index contributed by atoms with van der Waals surface area (Å²) in [6.07, 6.45) is -1.46. The summed E-state index contributed by atoms with van der Waals surface area (Å²) in [5.41, 5.74) is 1.13. The van der Waals surface area contributed by atoms with Crippen molar-refractivity contribution in [3.05, 3.63) is 59.7 Å². The minimum atomic E-state index is -4.46. The first-order chi connectivity index (χ1) is 12.9. The predicted octanol–water partition coefficient (Wildman–Crippen LogP) is 2.84. The van der Waals surface area contributed by atoms with Crippen molar-refractivity contribution in [2.75, 3.05) is 11.4 Å². The third-order valence-corrected chi connectivity index (χ3v) is 4.20. The van der Waals surface area contributed by atoms with E-state index < -0.39 is 18.6 Å². The summed E-state index contributed by atoms with van der Waals surface area (Å²) >= 11 is 0. The van der Waals surface area contributed by atoms with Crippen LogP contribution in [0.25, 0.3) is 10.8 Å². The molecule has 2 aromatic heterocycles. The van der Waals surface area contributed by atoms with Crippen LogP contribution >= 0.6 is 0 Å². The molecule has 3 heterocycles. The summed E-state index contributed by atoms with van der Waals surface area (Å²) in [7, 11) is 0. The summed E-state index contributed by atoms with van der Waals surface area (Å²) < 4.78 is 39.3. The van der Waals surface area contributed by atoms with Gasteiger partial charge in [-0.3, -0.25) is 9.78 Å². The number of pyridine rings is 1. The maximum Gasteiger partial charge on any atom is 0.406 e. The number of alkyl halides is 3. The van der Waals surface area contributed by atoms with Crippen LogP contribution in [0.1, 0.15) is 21.7 Å². The molecule has 0 unspecified atom stereocenters. The van der Waals surface area contributed by atoms with Crippen LogP contribution in [0, 0.1) is 0 Å². The molecule has 0 bridgehead atoms. The van der Waals surface area contributed by atoms with E-state index in [1.54, 1.807) is 12.3 Å². The summed E-state index contributed by atoms with van der Waals surface area (Å²) in [6.45, 7) is -1.10. The second-order valence-corrected chi connectivity index (χ2v) is 6.22. The zero-order valence-electron chi connectivity index (χ0n) is 14.0. The van der Waals surface area contributed by atoms with Gasteiger partial charge in [-0.2, -0.15) is 13.2 Å². The van der Waals surface area contributed by atoms with Crippen molar-refractivity contribution in [1.82, 2.24) is 20.3 Å². The molecule has 0 aliphatic carbocycles. The van der Waals surface area contributed by atoms with E-state index in [1.165, 1.54) is 6.20 Å². The molecule has 138 valence electrons. The number of halogens is 3. The van der Waals surface area contributed by atoms with Gasteiger partial charge in [0.05, 0.1) is 12.2 Å². The molecule has 1 aliphatic rings. The van der Waals surface area contributed by atoms with Gasteiger partial charge >= 0.3 is 6.18 Å². The van der Waals surface area contributed by atoms with Crippen LogP contribution in [-0.2, 0) is 13.1 Å². The van der Waals surface area contributed by atoms with Crippen molar-refractivity contribution in [2.24, 2.45) is 0 Å². The van der Waals surface area contributed by atoms with E-state index in [2.05, 4.69) is 20.3 Å². The van der Waals surface area contributed by atoms with Crippen LogP contribution in [-0.4, -0.2) is 33.6 Å². The molecular formula is C18H14F3N5O. The van der Waals surface area contributed by atoms with Crippen molar-refractivity contribution in [2.45, 2.75) is 19.3 Å². The van der Waals surface area contributed by atoms with Crippen molar-refractivity contribution >= 4 is 22.6 Å². The number of fused-ring (bicyclic) bond motifs is 2. The Hall–Kier alpha value is -3.23. The molecule has 3 aromatic rings. The SMILES string of the molecule is O=C1NCc2cnc(N(Cc3cc4ccccc4cn3)CC(F)(F)F)nc21. The molecule has 6 nitrogen and oxygen atoms in total. The Morgan fingerprint density at radius 1 is 1.11 bits per heavy atom. The van der Waals surface area contributed by atoms with Crippen LogP contribution in [0.15, 0.2) is 42.7 Å². The van der Waals surface area contributed by atoms with Gasteiger partial charge in [0, 0.05) is 29.9 Å². The maximum atomic E-state index is 13.1. The number of carbonyl (C=O) groups is 1. The van der Waals surface area contributed by atoms with E-state index in [4.69, 9.17) is 0 Å². The lowest BCUT2D eigenvalue weighted by atomic mass is 10.1. The normalized spacial score (nSPS) is 13.5. The van der Waals surface area contributed by atoms with Crippen LogP contribution in [0.2, 0.25) is 0 Å². The minimum Gasteiger partial charge on any atom is -0.346 e. The smallest absolute Gasteiger partial charge is 0.346 e. The Morgan fingerprint density at radius 3 is 2.67 bits per heavy atom. The molecule has 0 saturated heterocycles. The van der Waals surface area contributed by atoms with E-state index in [-0.39, 0.29) is 24.7 Å². The number of hydrogen-bond donors (Lipinski definition) is 1. The summed E-state index contributed by atoms with van der Waals surface area (Å²) in [5.74, 6) is -0.567. The van der Waals surface area contributed by atoms with Gasteiger partial charge in [0.2, 0.25) is 5.95 Å². The van der Waals surface area contributed by atoms with Crippen LogP contribution < -0.4 is 10.2 Å². The quantitative estimate of drug-likeness (QED) is 0.762. The number of hydrogen-bond acceptors (Lipinski definition) is 5. The summed E-state index contributed by atoms with van der Waals surface area (Å²) in [5, 5.41) is 4.35. The van der Waals surface area contributed by atoms with Crippen molar-refractivity contribution in [3.63, 3.8) is 0 Å². The Kier molecular flexibility index (Phi) is 4.14. The molecule has 0 radical (unpaired) electrons. The highest BCUT2D eigenvalue weighted by Gasteiger charge is 2.33. The largest absolute Gasteiger partial charge is 0.406 e. The summed E-state index contributed by atoms with van der Waals surface area (Å²) in [4.78, 5) is 25.1. The molecule has 1 aromatic carbocycles. The second-order valence-electron chi connectivity index (χ2n) is 6.22. The molecule has 4 rings (SSSR count). The fourth-order valence-corrected chi connectivity index (χ4v) is 2.96. The highest BCUT2D eigenvalue weighted by molar-refractivity contribution is 5.96. The molecule has 9 heteroatoms. The van der Waals surface area contributed by atoms with Gasteiger partial charge < -0.3 is 10.2 Å². The number of benzene rings is 1. The number of amides is 1. The number of aromatic nitrogens is 3. The molecule has 0 spiro atoms. The van der Waals surface area contributed by atoms with Crippen LogP contribution in [0.3, 0.4) is 0 Å². The zero-order valence-corrected chi connectivity index (χ0v) is 14.0. The van der Waals surface area contributed by atoms with Crippen molar-refractivity contribution < 1.29 is 18.0 Å². The van der Waals surface area contributed by atoms with E-state index in [9.17, 15) is 18.0 Å². The fourth-order valence-electron chi connectivity index (χ4n) is 2.96. The topological polar surface area (TPSA) is 71.0 Å². The highest BCUT2D eigenvalue weighted by atomic mass is 19.4. The summed E-state index contributed by atoms with van der Waals surface area (Å²) in [6, 6.07) is 9.19. The Bertz CT molecular complexity index is 1020. The van der Waals surface area contributed by atoms with Crippen molar-refractivity contribution in [1.29, 1.82) is 0 Å². The van der Waals surface area contributed by atoms with Gasteiger partial charge in [-0.05, 0) is 11.5 Å². The maximum absolute atomic E-state index is 13.1. The van der Waals surface area contributed by atoms with E-state index in [1.807, 2.05) is 24.3 Å². The van der Waals surface area contributed by atoms with Gasteiger partial charge in [-0.15, -0.1) is 0 Å². The Balaban J connectivity index is 1.68. The predicted molar refractivity (Wildman–Crippen MR) is 92.1 cm³/mol. The third-order valence-electron chi connectivity index (χ3n) is 4.20. The third kappa shape index (κ3) is 3.67. The fraction of sp³-hybridized carbons (Fsp3) is 0.222. The van der Waals surface area contributed by atoms with Gasteiger partial charge in [-0.25, -0.2) is 9.97 Å². The molecule has 27 heavy (non-hydrogen) atoms. The first-order valence-corrected chi connectivity index (χ1v) is 8.18. The molecule has 1 N–H and O–H groups in total. The minimum absolute atomic E-state index is 0.110. The second kappa shape index (κ2) is 6.49. The number of nitrogens with one attached hydrogen (secondary N) is 1. The van der Waals surface area contributed by atoms with E-state index >= 15 is 0 Å². The Labute approximate surface area is 152 Å². The molecule has 0 fully saturated rings. The average molecular weight is 373 g/mol. The van der Waals surface area contributed by atoms with Gasteiger partial charge in [0.25, 0.3) is 5.91 Å². The lowest BCUT2D eigenvalue weighted by Gasteiger charge is -2.23. The number of rotatable bonds is 4. The van der Waals surface area contributed by atoms with Gasteiger partial charge in [0.1, 0.15) is 12.2 Å². The lowest BCUT2D eigenvalue weighted by molar-refractivity contribution is -0.120. The molecular weight excluding hydrogens is 359 g/mol. The number of anilines is 1. The van der Waals surface area contributed by atoms with Gasteiger partial charge in [0.15, 0.2) is 0 Å². The lowest BCUT2D eigenvalue weighted by Crippen LogP contribution is -2.35. The number of carbonyl (C=O) groups excluding carboxylic acids is 1. The molecule has 1 amide bonds. The van der Waals surface area contributed by atoms with Gasteiger partial charge in [-0.1, -0.05) is 24.3 Å². The Morgan fingerprint density at radius 2 is 1.89 bits per heavy atom. The van der Waals surface area contributed by atoms with E-state index in [0.29, 0.717) is 11.3 Å². The number of nitrogens with zero attached hydrogens (tertiary/aromatic N) is 4.